The van der Waals surface area contributed by atoms with Crippen LogP contribution in [0.5, 0.6) is 0 Å². The fourth-order valence-corrected chi connectivity index (χ4v) is 16.8. The first kappa shape index (κ1) is 56.0. The van der Waals surface area contributed by atoms with Gasteiger partial charge in [-0.05, 0) is 212 Å². The lowest BCUT2D eigenvalue weighted by atomic mass is 9.35. The predicted octanol–water partition coefficient (Wildman–Crippen LogP) is 21.5. The van der Waals surface area contributed by atoms with E-state index in [2.05, 4.69) is 364 Å². The molecule has 0 aliphatic carbocycles. The molecule has 0 nitrogen and oxygen atoms in total. The first-order valence-corrected chi connectivity index (χ1v) is 34.3. The quantitative estimate of drug-likeness (QED) is 0.0727. The molecule has 0 aromatic heterocycles. The Morgan fingerprint density at radius 2 is 0.378 bits per heavy atom. The molecule has 20 rings (SSSR count). The van der Waals surface area contributed by atoms with Crippen LogP contribution >= 0.6 is 0 Å². The molecule has 0 radical (unpaired) electrons. The Hall–Kier alpha value is -12.4. The molecule has 0 bridgehead atoms. The highest BCUT2D eigenvalue weighted by molar-refractivity contribution is 6.98. The van der Waals surface area contributed by atoms with E-state index < -0.39 is 0 Å². The summed E-state index contributed by atoms with van der Waals surface area (Å²) >= 11 is 0. The van der Waals surface area contributed by atoms with Crippen molar-refractivity contribution in [3.8, 4) is 44.5 Å². The zero-order valence-electron chi connectivity index (χ0n) is 53.8. The van der Waals surface area contributed by atoms with Gasteiger partial charge in [0.1, 0.15) is 0 Å². The predicted molar refractivity (Wildman–Crippen MR) is 427 cm³/mol. The highest BCUT2D eigenvalue weighted by atomic mass is 14.3. The highest BCUT2D eigenvalue weighted by Gasteiger charge is 2.32. The number of hydrogen-bond acceptors (Lipinski definition) is 0. The van der Waals surface area contributed by atoms with E-state index in [0.29, 0.717) is 0 Å². The van der Waals surface area contributed by atoms with E-state index in [1.165, 1.54) is 196 Å². The number of hydrogen-bond donors (Lipinski definition) is 0. The van der Waals surface area contributed by atoms with Crippen molar-refractivity contribution < 1.29 is 0 Å². The second-order valence-electron chi connectivity index (χ2n) is 27.0. The van der Waals surface area contributed by atoms with Crippen LogP contribution in [0.4, 0.5) is 0 Å². The highest BCUT2D eigenvalue weighted by Crippen LogP contribution is 2.46. The lowest BCUT2D eigenvalue weighted by molar-refractivity contribution is 1.60. The van der Waals surface area contributed by atoms with Gasteiger partial charge in [-0.15, -0.1) is 0 Å². The molecule has 0 atom stereocenters. The van der Waals surface area contributed by atoms with Gasteiger partial charge < -0.3 is 0 Å². The third kappa shape index (κ3) is 9.32. The van der Waals surface area contributed by atoms with E-state index in [1.54, 1.807) is 0 Å². The summed E-state index contributed by atoms with van der Waals surface area (Å²) in [6, 6.07) is 139. The fraction of sp³-hybridized carbons (Fsp3) is 0. The van der Waals surface area contributed by atoms with Crippen molar-refractivity contribution in [2.75, 3.05) is 0 Å². The van der Waals surface area contributed by atoms with Gasteiger partial charge in [-0.2, -0.15) is 0 Å². The standard InChI is InChI=1S/C96H60B2/c1-3-19-61(20-4-1)83-31-15-17-33-85(83)91-59-93(97(79-39-35-71-47-63-23-7-11-27-67(63)51-75(71)55-79)80-40-36-72-48-64-24-8-12-28-68(64)52-76(72)56-80)89-46-44-88-92(86-34-18-16-32-84(86)62-21-5-2-6-22-62)60-94(90-45-43-87(91)95(89)96(88)90)98(81-41-37-73-49-65-25-9-13-29-69(65)53-77(73)57-81)82-42-38-74-50-66-26-10-14-30-70(66)54-78(74)58-82/h1-60H. The Balaban J connectivity index is 0.939. The van der Waals surface area contributed by atoms with Crippen molar-refractivity contribution in [2.45, 2.75) is 0 Å². The maximum Gasteiger partial charge on any atom is 0.242 e. The summed E-state index contributed by atoms with van der Waals surface area (Å²) in [5.74, 6) is 0. The van der Waals surface area contributed by atoms with Crippen LogP contribution in [0.2, 0.25) is 0 Å². The van der Waals surface area contributed by atoms with Crippen molar-refractivity contribution in [3.05, 3.63) is 364 Å². The smallest absolute Gasteiger partial charge is 0.0680 e. The van der Waals surface area contributed by atoms with Gasteiger partial charge in [-0.25, -0.2) is 0 Å². The van der Waals surface area contributed by atoms with Crippen molar-refractivity contribution in [1.82, 2.24) is 0 Å². The van der Waals surface area contributed by atoms with Gasteiger partial charge in [-0.3, -0.25) is 0 Å². The molecule has 0 aliphatic heterocycles. The molecule has 0 saturated carbocycles. The van der Waals surface area contributed by atoms with E-state index in [0.717, 1.165) is 0 Å². The Bertz CT molecular complexity index is 5990. The van der Waals surface area contributed by atoms with Crippen LogP contribution < -0.4 is 32.8 Å². The Morgan fingerprint density at radius 3 is 0.673 bits per heavy atom. The first-order chi connectivity index (χ1) is 48.5. The van der Waals surface area contributed by atoms with Gasteiger partial charge in [0.05, 0.1) is 0 Å². The largest absolute Gasteiger partial charge is 0.242 e. The average Bonchev–Trinajstić information content (AvgIpc) is 0.700. The molecule has 20 aromatic carbocycles. The molecule has 0 saturated heterocycles. The molecule has 0 unspecified atom stereocenters. The molecule has 2 heteroatoms. The Morgan fingerprint density at radius 1 is 0.143 bits per heavy atom. The molecule has 0 amide bonds. The molecular formula is C96H60B2. The van der Waals surface area contributed by atoms with Gasteiger partial charge in [0.25, 0.3) is 0 Å². The molecule has 0 heterocycles. The minimum atomic E-state index is -0.193. The topological polar surface area (TPSA) is 0 Å². The van der Waals surface area contributed by atoms with E-state index >= 15 is 0 Å². The summed E-state index contributed by atoms with van der Waals surface area (Å²) in [5, 5.41) is 27.3. The van der Waals surface area contributed by atoms with E-state index in [1.807, 2.05) is 0 Å². The van der Waals surface area contributed by atoms with Gasteiger partial charge in [0.15, 0.2) is 0 Å². The van der Waals surface area contributed by atoms with Crippen LogP contribution in [-0.4, -0.2) is 13.4 Å². The lowest BCUT2D eigenvalue weighted by Crippen LogP contribution is -2.52. The minimum absolute atomic E-state index is 0.193. The van der Waals surface area contributed by atoms with Crippen molar-refractivity contribution in [2.24, 2.45) is 0 Å². The Kier molecular flexibility index (Phi) is 13.0. The summed E-state index contributed by atoms with van der Waals surface area (Å²) in [5.41, 5.74) is 17.1. The normalized spacial score (nSPS) is 11.9. The average molecular weight is 1240 g/mol. The number of fused-ring (bicyclic) bond motifs is 8. The molecule has 0 N–H and O–H groups in total. The summed E-state index contributed by atoms with van der Waals surface area (Å²) < 4.78 is 0. The third-order valence-corrected chi connectivity index (χ3v) is 21.4. The summed E-state index contributed by atoms with van der Waals surface area (Å²) in [4.78, 5) is 0. The third-order valence-electron chi connectivity index (χ3n) is 21.4. The maximum atomic E-state index is 2.59. The van der Waals surface area contributed by atoms with E-state index in [4.69, 9.17) is 0 Å². The summed E-state index contributed by atoms with van der Waals surface area (Å²) in [6.45, 7) is -0.386. The molecule has 0 aliphatic rings. The molecular weight excluding hydrogens is 1170 g/mol. The minimum Gasteiger partial charge on any atom is -0.0680 e. The first-order valence-electron chi connectivity index (χ1n) is 34.3. The summed E-state index contributed by atoms with van der Waals surface area (Å²) in [7, 11) is 0. The second kappa shape index (κ2) is 22.7. The van der Waals surface area contributed by atoms with Crippen LogP contribution in [0.15, 0.2) is 364 Å². The van der Waals surface area contributed by atoms with Crippen LogP contribution in [0, 0.1) is 0 Å². The van der Waals surface area contributed by atoms with Crippen LogP contribution in [0.1, 0.15) is 0 Å². The van der Waals surface area contributed by atoms with Crippen LogP contribution in [0.25, 0.3) is 163 Å². The lowest BCUT2D eigenvalue weighted by Gasteiger charge is -2.27. The van der Waals surface area contributed by atoms with Crippen LogP contribution in [-0.2, 0) is 0 Å². The van der Waals surface area contributed by atoms with Gasteiger partial charge in [0, 0.05) is 0 Å². The summed E-state index contributed by atoms with van der Waals surface area (Å²) in [6.07, 6.45) is 0. The number of rotatable bonds is 10. The maximum absolute atomic E-state index is 2.59. The Labute approximate surface area is 569 Å². The van der Waals surface area contributed by atoms with E-state index in [-0.39, 0.29) is 13.4 Å². The number of benzene rings is 20. The van der Waals surface area contributed by atoms with Gasteiger partial charge in [-0.1, -0.05) is 348 Å². The SMILES string of the molecule is c1ccc(-c2ccccc2-c2cc(B(c3ccc4cc5ccccc5cc4c3)c3ccc4cc5ccccc5cc4c3)c3ccc4c(-c5ccccc5-c5ccccc5)cc(B(c5ccc6cc7ccccc7cc6c5)c5ccc6cc7ccccc7cc6c5)c5ccc2c3c54)cc1. The van der Waals surface area contributed by atoms with Crippen LogP contribution in [0.3, 0.4) is 0 Å². The van der Waals surface area contributed by atoms with Gasteiger partial charge in [0.2, 0.25) is 13.4 Å². The van der Waals surface area contributed by atoms with Crippen molar-refractivity contribution >= 4 is 165 Å². The van der Waals surface area contributed by atoms with Gasteiger partial charge >= 0.3 is 0 Å². The van der Waals surface area contributed by atoms with Crippen molar-refractivity contribution in [3.63, 3.8) is 0 Å². The zero-order chi connectivity index (χ0) is 64.4. The molecule has 450 valence electrons. The van der Waals surface area contributed by atoms with Crippen molar-refractivity contribution in [1.29, 1.82) is 0 Å². The monoisotopic (exact) mass is 1230 g/mol. The molecule has 0 fully saturated rings. The second-order valence-corrected chi connectivity index (χ2v) is 27.0. The molecule has 0 spiro atoms. The zero-order valence-corrected chi connectivity index (χ0v) is 53.8. The molecule has 20 aromatic rings. The van der Waals surface area contributed by atoms with E-state index in [9.17, 15) is 0 Å². The fourth-order valence-electron chi connectivity index (χ4n) is 16.8. The molecule has 98 heavy (non-hydrogen) atoms.